The highest BCUT2D eigenvalue weighted by molar-refractivity contribution is 5.88. The van der Waals surface area contributed by atoms with Crippen molar-refractivity contribution in [1.29, 1.82) is 0 Å². The summed E-state index contributed by atoms with van der Waals surface area (Å²) >= 11 is 0. The lowest BCUT2D eigenvalue weighted by molar-refractivity contribution is -0.141. The van der Waals surface area contributed by atoms with Crippen LogP contribution in [-0.2, 0) is 18.4 Å². The second-order valence-corrected chi connectivity index (χ2v) is 8.80. The van der Waals surface area contributed by atoms with E-state index in [1.807, 2.05) is 31.7 Å². The van der Waals surface area contributed by atoms with Gasteiger partial charge in [-0.2, -0.15) is 0 Å². The summed E-state index contributed by atoms with van der Waals surface area (Å²) in [6.07, 6.45) is 3.61. The van der Waals surface area contributed by atoms with E-state index in [-0.39, 0.29) is 13.0 Å². The number of hydrogen-bond acceptors (Lipinski definition) is 3. The number of benzene rings is 2. The molecule has 2 aromatic heterocycles. The van der Waals surface area contributed by atoms with Crippen molar-refractivity contribution in [2.75, 3.05) is 0 Å². The number of nitrogens with zero attached hydrogens (tertiary/aromatic N) is 3. The quantitative estimate of drug-likeness (QED) is 0.461. The highest BCUT2D eigenvalue weighted by Crippen LogP contribution is 2.27. The summed E-state index contributed by atoms with van der Waals surface area (Å²) in [5.74, 6) is -1.17. The molecule has 0 aliphatic heterocycles. The van der Waals surface area contributed by atoms with Gasteiger partial charge in [-0.15, -0.1) is 0 Å². The molecule has 0 aliphatic rings. The number of carboxylic acids is 1. The molecule has 1 N–H and O–H groups in total. The third-order valence-electron chi connectivity index (χ3n) is 6.35. The standard InChI is InChI=1S/C26H29N3O4/c1-5-6-10-21(25(31)32)29-24(30)19-9-7-8-11-20(19)28(26(29)33)15-18-14-27(4)22-13-16(2)12-17(3)23(18)22/h7-9,11-14,21H,5-6,10,15H2,1-4H3,(H,31,32)/t21-/m1/s1. The summed E-state index contributed by atoms with van der Waals surface area (Å²) in [6.45, 7) is 6.28. The van der Waals surface area contributed by atoms with Crippen LogP contribution in [0.2, 0.25) is 0 Å². The molecule has 0 saturated heterocycles. The van der Waals surface area contributed by atoms with E-state index >= 15 is 0 Å². The van der Waals surface area contributed by atoms with Crippen molar-refractivity contribution in [3.05, 3.63) is 80.1 Å². The molecule has 7 heteroatoms. The first-order valence-corrected chi connectivity index (χ1v) is 11.3. The predicted molar refractivity (Wildman–Crippen MR) is 130 cm³/mol. The van der Waals surface area contributed by atoms with Crippen LogP contribution in [0.15, 0.2) is 52.2 Å². The molecule has 172 valence electrons. The van der Waals surface area contributed by atoms with E-state index in [2.05, 4.69) is 19.1 Å². The number of para-hydroxylation sites is 1. The van der Waals surface area contributed by atoms with Crippen LogP contribution in [0.4, 0.5) is 0 Å². The van der Waals surface area contributed by atoms with Crippen molar-refractivity contribution in [2.24, 2.45) is 7.05 Å². The Hall–Kier alpha value is -3.61. The number of carbonyl (C=O) groups is 1. The largest absolute Gasteiger partial charge is 0.480 e. The molecule has 4 aromatic rings. The van der Waals surface area contributed by atoms with Gasteiger partial charge in [0.25, 0.3) is 5.56 Å². The average molecular weight is 448 g/mol. The maximum atomic E-state index is 13.7. The normalized spacial score (nSPS) is 12.5. The van der Waals surface area contributed by atoms with Crippen LogP contribution < -0.4 is 11.2 Å². The Morgan fingerprint density at radius 2 is 1.82 bits per heavy atom. The second-order valence-electron chi connectivity index (χ2n) is 8.80. The molecular formula is C26H29N3O4. The number of hydrogen-bond donors (Lipinski definition) is 1. The number of aliphatic carboxylic acids is 1. The monoisotopic (exact) mass is 447 g/mol. The Bertz CT molecular complexity index is 1490. The van der Waals surface area contributed by atoms with Crippen LogP contribution in [0.25, 0.3) is 21.8 Å². The van der Waals surface area contributed by atoms with Gasteiger partial charge in [-0.1, -0.05) is 38.0 Å². The van der Waals surface area contributed by atoms with Gasteiger partial charge in [0.05, 0.1) is 17.4 Å². The van der Waals surface area contributed by atoms with Gasteiger partial charge in [-0.05, 0) is 55.2 Å². The highest BCUT2D eigenvalue weighted by Gasteiger charge is 2.26. The maximum absolute atomic E-state index is 13.7. The molecule has 2 heterocycles. The Labute approximate surface area is 191 Å². The van der Waals surface area contributed by atoms with Crippen LogP contribution in [0, 0.1) is 13.8 Å². The molecule has 0 bridgehead atoms. The second kappa shape index (κ2) is 8.73. The van der Waals surface area contributed by atoms with Crippen molar-refractivity contribution in [1.82, 2.24) is 13.7 Å². The van der Waals surface area contributed by atoms with Gasteiger partial charge in [0.15, 0.2) is 0 Å². The molecule has 0 amide bonds. The number of carboxylic acid groups (broad SMARTS) is 1. The Balaban J connectivity index is 1.99. The first-order valence-electron chi connectivity index (χ1n) is 11.3. The van der Waals surface area contributed by atoms with Crippen molar-refractivity contribution in [3.63, 3.8) is 0 Å². The van der Waals surface area contributed by atoms with E-state index in [0.717, 1.165) is 38.6 Å². The molecule has 0 radical (unpaired) electrons. The van der Waals surface area contributed by atoms with Gasteiger partial charge in [0.2, 0.25) is 0 Å². The van der Waals surface area contributed by atoms with Gasteiger partial charge in [-0.3, -0.25) is 9.36 Å². The first-order chi connectivity index (χ1) is 15.7. The van der Waals surface area contributed by atoms with E-state index in [4.69, 9.17) is 0 Å². The Morgan fingerprint density at radius 1 is 1.09 bits per heavy atom. The van der Waals surface area contributed by atoms with Crippen molar-refractivity contribution >= 4 is 27.8 Å². The van der Waals surface area contributed by atoms with Crippen LogP contribution in [0.1, 0.15) is 48.9 Å². The molecule has 4 rings (SSSR count). The zero-order chi connectivity index (χ0) is 23.9. The third kappa shape index (κ3) is 3.88. The minimum atomic E-state index is -1.20. The molecule has 7 nitrogen and oxygen atoms in total. The SMILES string of the molecule is CCCC[C@H](C(=O)O)n1c(=O)c2ccccc2n(Cc2cn(C)c3cc(C)cc(C)c23)c1=O. The lowest BCUT2D eigenvalue weighted by Crippen LogP contribution is -2.44. The average Bonchev–Trinajstić information content (AvgIpc) is 3.08. The van der Waals surface area contributed by atoms with E-state index in [9.17, 15) is 19.5 Å². The van der Waals surface area contributed by atoms with Gasteiger partial charge in [0, 0.05) is 24.1 Å². The first kappa shape index (κ1) is 22.6. The van der Waals surface area contributed by atoms with Gasteiger partial charge >= 0.3 is 11.7 Å². The number of fused-ring (bicyclic) bond motifs is 2. The van der Waals surface area contributed by atoms with Crippen LogP contribution in [0.3, 0.4) is 0 Å². The number of aromatic nitrogens is 3. The van der Waals surface area contributed by atoms with E-state index in [1.54, 1.807) is 24.3 Å². The zero-order valence-corrected chi connectivity index (χ0v) is 19.5. The topological polar surface area (TPSA) is 86.2 Å². The third-order valence-corrected chi connectivity index (χ3v) is 6.35. The molecular weight excluding hydrogens is 418 g/mol. The fraction of sp³-hybridized carbons (Fsp3) is 0.346. The summed E-state index contributed by atoms with van der Waals surface area (Å²) in [5, 5.41) is 11.3. The zero-order valence-electron chi connectivity index (χ0n) is 19.5. The summed E-state index contributed by atoms with van der Waals surface area (Å²) in [4.78, 5) is 39.0. The van der Waals surface area contributed by atoms with Crippen LogP contribution in [0.5, 0.6) is 0 Å². The summed E-state index contributed by atoms with van der Waals surface area (Å²) in [5.41, 5.74) is 3.64. The lowest BCUT2D eigenvalue weighted by atomic mass is 10.0. The van der Waals surface area contributed by atoms with E-state index in [0.29, 0.717) is 17.3 Å². The van der Waals surface area contributed by atoms with Crippen molar-refractivity contribution < 1.29 is 9.90 Å². The number of rotatable bonds is 7. The highest BCUT2D eigenvalue weighted by atomic mass is 16.4. The fourth-order valence-electron chi connectivity index (χ4n) is 4.83. The molecule has 0 spiro atoms. The minimum Gasteiger partial charge on any atom is -0.480 e. The smallest absolute Gasteiger partial charge is 0.332 e. The number of aryl methyl sites for hydroxylation is 3. The van der Waals surface area contributed by atoms with E-state index in [1.165, 1.54) is 4.57 Å². The van der Waals surface area contributed by atoms with Gasteiger partial charge < -0.3 is 9.67 Å². The molecule has 0 saturated carbocycles. The lowest BCUT2D eigenvalue weighted by Gasteiger charge is -2.19. The maximum Gasteiger partial charge on any atom is 0.332 e. The van der Waals surface area contributed by atoms with Crippen LogP contribution in [-0.4, -0.2) is 24.8 Å². The molecule has 2 aromatic carbocycles. The van der Waals surface area contributed by atoms with Gasteiger partial charge in [0.1, 0.15) is 6.04 Å². The van der Waals surface area contributed by atoms with E-state index < -0.39 is 23.3 Å². The van der Waals surface area contributed by atoms with Crippen LogP contribution >= 0.6 is 0 Å². The van der Waals surface area contributed by atoms with Crippen molar-refractivity contribution in [2.45, 2.75) is 52.6 Å². The Kier molecular flexibility index (Phi) is 5.97. The van der Waals surface area contributed by atoms with Gasteiger partial charge in [-0.25, -0.2) is 14.2 Å². The minimum absolute atomic E-state index is 0.228. The summed E-state index contributed by atoms with van der Waals surface area (Å²) in [6, 6.07) is 9.93. The molecule has 1 atom stereocenters. The molecule has 33 heavy (non-hydrogen) atoms. The molecule has 0 unspecified atom stereocenters. The predicted octanol–water partition coefficient (Wildman–Crippen LogP) is 4.14. The molecule has 0 fully saturated rings. The fourth-order valence-corrected chi connectivity index (χ4v) is 4.83. The summed E-state index contributed by atoms with van der Waals surface area (Å²) in [7, 11) is 1.97. The Morgan fingerprint density at radius 3 is 2.52 bits per heavy atom. The number of unbranched alkanes of at least 4 members (excludes halogenated alkanes) is 1. The van der Waals surface area contributed by atoms with Crippen molar-refractivity contribution in [3.8, 4) is 0 Å². The summed E-state index contributed by atoms with van der Waals surface area (Å²) < 4.78 is 4.50. The molecule has 0 aliphatic carbocycles.